The fourth-order valence-electron chi connectivity index (χ4n) is 2.18. The van der Waals surface area contributed by atoms with Gasteiger partial charge in [0.1, 0.15) is 5.75 Å². The maximum atomic E-state index is 5.28. The number of halogens is 1. The van der Waals surface area contributed by atoms with E-state index in [9.17, 15) is 0 Å². The summed E-state index contributed by atoms with van der Waals surface area (Å²) in [5.74, 6) is 0.872. The average Bonchev–Trinajstić information content (AvgIpc) is 2.47. The zero-order chi connectivity index (χ0) is 15.2. The quantitative estimate of drug-likeness (QED) is 0.849. The van der Waals surface area contributed by atoms with Gasteiger partial charge in [-0.15, -0.1) is 0 Å². The Kier molecular flexibility index (Phi) is 5.65. The molecule has 1 N–H and O–H groups in total. The smallest absolute Gasteiger partial charge is 0.119 e. The first-order valence-corrected chi connectivity index (χ1v) is 7.68. The summed E-state index contributed by atoms with van der Waals surface area (Å²) in [6.45, 7) is 1.67. The van der Waals surface area contributed by atoms with Crippen molar-refractivity contribution in [3.8, 4) is 5.75 Å². The fourth-order valence-corrected chi connectivity index (χ4v) is 2.56. The number of nitrogens with zero attached hydrogens (tertiary/aromatic N) is 1. The van der Waals surface area contributed by atoms with Gasteiger partial charge >= 0.3 is 0 Å². The molecule has 0 atom stereocenters. The molecular weight excluding hydrogens is 328 g/mol. The molecule has 0 aliphatic rings. The second-order valence-electron chi connectivity index (χ2n) is 5.21. The highest BCUT2D eigenvalue weighted by molar-refractivity contribution is 9.10. The Balaban J connectivity index is 2.13. The number of methoxy groups -OCH3 is 1. The van der Waals surface area contributed by atoms with Gasteiger partial charge in [-0.05, 0) is 49.5 Å². The lowest BCUT2D eigenvalue weighted by Gasteiger charge is -2.16. The van der Waals surface area contributed by atoms with Crippen molar-refractivity contribution in [1.82, 2.24) is 4.90 Å². The van der Waals surface area contributed by atoms with Crippen LogP contribution in [0.1, 0.15) is 11.1 Å². The molecule has 0 unspecified atom stereocenters. The Morgan fingerprint density at radius 2 is 1.86 bits per heavy atom. The van der Waals surface area contributed by atoms with Gasteiger partial charge in [-0.25, -0.2) is 0 Å². The normalized spacial score (nSPS) is 10.7. The van der Waals surface area contributed by atoms with E-state index in [1.54, 1.807) is 7.11 Å². The first-order chi connectivity index (χ1) is 10.1. The fraction of sp³-hybridized carbons (Fsp3) is 0.294. The van der Waals surface area contributed by atoms with Gasteiger partial charge in [0, 0.05) is 23.2 Å². The van der Waals surface area contributed by atoms with Crippen LogP contribution in [0.2, 0.25) is 0 Å². The van der Waals surface area contributed by atoms with Crippen LogP contribution < -0.4 is 10.1 Å². The molecule has 0 saturated heterocycles. The van der Waals surface area contributed by atoms with Crippen LogP contribution in [-0.4, -0.2) is 26.1 Å². The van der Waals surface area contributed by atoms with Crippen molar-refractivity contribution in [2.24, 2.45) is 0 Å². The van der Waals surface area contributed by atoms with E-state index in [1.807, 2.05) is 18.2 Å². The van der Waals surface area contributed by atoms with Crippen LogP contribution in [0.3, 0.4) is 0 Å². The monoisotopic (exact) mass is 348 g/mol. The highest BCUT2D eigenvalue weighted by Crippen LogP contribution is 2.24. The van der Waals surface area contributed by atoms with Crippen molar-refractivity contribution in [3.63, 3.8) is 0 Å². The minimum absolute atomic E-state index is 0.752. The van der Waals surface area contributed by atoms with Crippen LogP contribution in [0.15, 0.2) is 46.9 Å². The van der Waals surface area contributed by atoms with E-state index < -0.39 is 0 Å². The predicted octanol–water partition coefficient (Wildman–Crippen LogP) is 4.13. The molecule has 2 aromatic carbocycles. The topological polar surface area (TPSA) is 24.5 Å². The van der Waals surface area contributed by atoms with Gasteiger partial charge < -0.3 is 15.0 Å². The number of anilines is 1. The molecule has 0 heterocycles. The highest BCUT2D eigenvalue weighted by atomic mass is 79.9. The van der Waals surface area contributed by atoms with Crippen LogP contribution in [-0.2, 0) is 13.1 Å². The molecule has 21 heavy (non-hydrogen) atoms. The van der Waals surface area contributed by atoms with E-state index in [4.69, 9.17) is 4.74 Å². The number of hydrogen-bond donors (Lipinski definition) is 1. The molecule has 0 aliphatic heterocycles. The Morgan fingerprint density at radius 1 is 1.10 bits per heavy atom. The van der Waals surface area contributed by atoms with Gasteiger partial charge in [0.05, 0.1) is 7.11 Å². The summed E-state index contributed by atoms with van der Waals surface area (Å²) in [6, 6.07) is 14.4. The second-order valence-corrected chi connectivity index (χ2v) is 6.06. The lowest BCUT2D eigenvalue weighted by atomic mass is 10.1. The van der Waals surface area contributed by atoms with Gasteiger partial charge in [0.15, 0.2) is 0 Å². The minimum Gasteiger partial charge on any atom is -0.497 e. The minimum atomic E-state index is 0.752. The molecule has 0 saturated carbocycles. The van der Waals surface area contributed by atoms with E-state index in [0.717, 1.165) is 23.3 Å². The van der Waals surface area contributed by atoms with Crippen molar-refractivity contribution >= 4 is 21.6 Å². The first kappa shape index (κ1) is 15.9. The van der Waals surface area contributed by atoms with Crippen LogP contribution in [0.25, 0.3) is 0 Å². The van der Waals surface area contributed by atoms with Crippen molar-refractivity contribution in [1.29, 1.82) is 0 Å². The number of para-hydroxylation sites is 1. The number of benzene rings is 2. The molecule has 0 aromatic heterocycles. The molecule has 2 rings (SSSR count). The van der Waals surface area contributed by atoms with Crippen molar-refractivity contribution in [2.45, 2.75) is 13.1 Å². The van der Waals surface area contributed by atoms with E-state index in [0.29, 0.717) is 0 Å². The van der Waals surface area contributed by atoms with Crippen molar-refractivity contribution in [3.05, 3.63) is 58.1 Å². The van der Waals surface area contributed by atoms with Gasteiger partial charge in [0.25, 0.3) is 0 Å². The molecule has 0 aliphatic carbocycles. The number of nitrogens with one attached hydrogen (secondary N) is 1. The second kappa shape index (κ2) is 7.48. The molecule has 0 amide bonds. The molecule has 2 aromatic rings. The summed E-state index contributed by atoms with van der Waals surface area (Å²) < 4.78 is 6.37. The SMILES string of the molecule is COc1ccc(Br)c(CNc2ccccc2CN(C)C)c1. The van der Waals surface area contributed by atoms with Gasteiger partial charge in [-0.3, -0.25) is 0 Å². The summed E-state index contributed by atoms with van der Waals surface area (Å²) in [6.07, 6.45) is 0. The zero-order valence-corrected chi connectivity index (χ0v) is 14.3. The summed E-state index contributed by atoms with van der Waals surface area (Å²) in [5, 5.41) is 3.51. The van der Waals surface area contributed by atoms with Crippen molar-refractivity contribution < 1.29 is 4.74 Å². The molecule has 0 radical (unpaired) electrons. The molecule has 0 fully saturated rings. The summed E-state index contributed by atoms with van der Waals surface area (Å²) in [7, 11) is 5.84. The van der Waals surface area contributed by atoms with E-state index in [1.165, 1.54) is 16.8 Å². The molecular formula is C17H21BrN2O. The maximum absolute atomic E-state index is 5.28. The Bertz CT molecular complexity index is 599. The molecule has 0 bridgehead atoms. The van der Waals surface area contributed by atoms with E-state index in [2.05, 4.69) is 64.5 Å². The standard InChI is InChI=1S/C17H21BrN2O/c1-20(2)12-13-6-4-5-7-17(13)19-11-14-10-15(21-3)8-9-16(14)18/h4-10,19H,11-12H2,1-3H3. The molecule has 0 spiro atoms. The number of hydrogen-bond acceptors (Lipinski definition) is 3. The molecule has 4 heteroatoms. The summed E-state index contributed by atoms with van der Waals surface area (Å²) >= 11 is 3.59. The molecule has 112 valence electrons. The van der Waals surface area contributed by atoms with E-state index in [-0.39, 0.29) is 0 Å². The third kappa shape index (κ3) is 4.48. The Labute approximate surface area is 135 Å². The van der Waals surface area contributed by atoms with Crippen LogP contribution in [0.5, 0.6) is 5.75 Å². The zero-order valence-electron chi connectivity index (χ0n) is 12.7. The average molecular weight is 349 g/mol. The number of rotatable bonds is 6. The third-order valence-electron chi connectivity index (χ3n) is 3.23. The third-order valence-corrected chi connectivity index (χ3v) is 4.00. The largest absolute Gasteiger partial charge is 0.497 e. The first-order valence-electron chi connectivity index (χ1n) is 6.89. The molecule has 3 nitrogen and oxygen atoms in total. The lowest BCUT2D eigenvalue weighted by molar-refractivity contribution is 0.403. The Morgan fingerprint density at radius 3 is 2.57 bits per heavy atom. The summed E-state index contributed by atoms with van der Waals surface area (Å²) in [4.78, 5) is 2.17. The predicted molar refractivity (Wildman–Crippen MR) is 91.9 cm³/mol. The van der Waals surface area contributed by atoms with Gasteiger partial charge in [0.2, 0.25) is 0 Å². The van der Waals surface area contributed by atoms with Gasteiger partial charge in [-0.2, -0.15) is 0 Å². The summed E-state index contributed by atoms with van der Waals surface area (Å²) in [5.41, 5.74) is 3.64. The van der Waals surface area contributed by atoms with E-state index >= 15 is 0 Å². The lowest BCUT2D eigenvalue weighted by Crippen LogP contribution is -2.13. The van der Waals surface area contributed by atoms with Gasteiger partial charge in [-0.1, -0.05) is 34.1 Å². The van der Waals surface area contributed by atoms with Crippen LogP contribution in [0.4, 0.5) is 5.69 Å². The van der Waals surface area contributed by atoms with Crippen molar-refractivity contribution in [2.75, 3.05) is 26.5 Å². The Hall–Kier alpha value is -1.52. The van der Waals surface area contributed by atoms with Crippen LogP contribution >= 0.6 is 15.9 Å². The maximum Gasteiger partial charge on any atom is 0.119 e. The van der Waals surface area contributed by atoms with Crippen LogP contribution in [0, 0.1) is 0 Å². The number of ether oxygens (including phenoxy) is 1. The highest BCUT2D eigenvalue weighted by Gasteiger charge is 2.05.